The van der Waals surface area contributed by atoms with Gasteiger partial charge < -0.3 is 5.32 Å². The first-order valence-corrected chi connectivity index (χ1v) is 8.58. The summed E-state index contributed by atoms with van der Waals surface area (Å²) in [5.74, 6) is -0.0481. The fraction of sp³-hybridized carbons (Fsp3) is 0.174. The summed E-state index contributed by atoms with van der Waals surface area (Å²) in [7, 11) is 0. The molecule has 0 heterocycles. The van der Waals surface area contributed by atoms with E-state index in [0.29, 0.717) is 5.56 Å². The smallest absolute Gasteiger partial charge is 0.251 e. The van der Waals surface area contributed by atoms with Gasteiger partial charge in [0.1, 0.15) is 0 Å². The topological polar surface area (TPSA) is 29.1 Å². The van der Waals surface area contributed by atoms with Gasteiger partial charge in [-0.05, 0) is 55.2 Å². The molecule has 0 fully saturated rings. The third kappa shape index (κ3) is 3.97. The Morgan fingerprint density at radius 1 is 0.840 bits per heavy atom. The van der Waals surface area contributed by atoms with Crippen LogP contribution in [0, 0.1) is 13.8 Å². The van der Waals surface area contributed by atoms with Crippen molar-refractivity contribution in [3.05, 3.63) is 95.1 Å². The van der Waals surface area contributed by atoms with Gasteiger partial charge in [0.05, 0.1) is 6.04 Å². The van der Waals surface area contributed by atoms with Crippen molar-refractivity contribution in [3.63, 3.8) is 0 Å². The molecule has 0 saturated heterocycles. The van der Waals surface area contributed by atoms with Crippen LogP contribution in [0.5, 0.6) is 0 Å². The zero-order valence-electron chi connectivity index (χ0n) is 14.9. The molecule has 0 unspecified atom stereocenters. The fourth-order valence-electron chi connectivity index (χ4n) is 3.03. The molecule has 2 nitrogen and oxygen atoms in total. The van der Waals surface area contributed by atoms with Crippen LogP contribution in [0.25, 0.3) is 11.1 Å². The molecule has 0 bridgehead atoms. The highest BCUT2D eigenvalue weighted by atomic mass is 16.1. The van der Waals surface area contributed by atoms with Crippen molar-refractivity contribution in [1.82, 2.24) is 5.32 Å². The van der Waals surface area contributed by atoms with Crippen LogP contribution in [0.3, 0.4) is 0 Å². The Balaban J connectivity index is 1.74. The number of carbonyl (C=O) groups is 1. The molecule has 0 spiro atoms. The highest BCUT2D eigenvalue weighted by Crippen LogP contribution is 2.21. The summed E-state index contributed by atoms with van der Waals surface area (Å²) in [4.78, 5) is 12.6. The summed E-state index contributed by atoms with van der Waals surface area (Å²) in [6.45, 7) is 6.17. The van der Waals surface area contributed by atoms with Gasteiger partial charge in [-0.25, -0.2) is 0 Å². The zero-order valence-corrected chi connectivity index (χ0v) is 14.9. The number of benzene rings is 3. The molecule has 0 aromatic heterocycles. The van der Waals surface area contributed by atoms with E-state index in [9.17, 15) is 4.79 Å². The summed E-state index contributed by atoms with van der Waals surface area (Å²) in [5.41, 5.74) is 6.50. The van der Waals surface area contributed by atoms with Gasteiger partial charge in [0, 0.05) is 5.56 Å². The van der Waals surface area contributed by atoms with Gasteiger partial charge in [0.2, 0.25) is 0 Å². The van der Waals surface area contributed by atoms with E-state index in [2.05, 4.69) is 49.5 Å². The van der Waals surface area contributed by atoms with E-state index in [0.717, 1.165) is 16.7 Å². The van der Waals surface area contributed by atoms with Crippen molar-refractivity contribution in [2.24, 2.45) is 0 Å². The van der Waals surface area contributed by atoms with Crippen LogP contribution in [0.1, 0.15) is 40.0 Å². The number of rotatable bonds is 4. The maximum atomic E-state index is 12.6. The highest BCUT2D eigenvalue weighted by molar-refractivity contribution is 5.95. The first-order chi connectivity index (χ1) is 12.0. The van der Waals surface area contributed by atoms with Crippen LogP contribution >= 0.6 is 0 Å². The van der Waals surface area contributed by atoms with E-state index in [1.54, 1.807) is 0 Å². The fourth-order valence-corrected chi connectivity index (χ4v) is 3.03. The zero-order chi connectivity index (χ0) is 17.8. The maximum absolute atomic E-state index is 12.6. The van der Waals surface area contributed by atoms with Gasteiger partial charge in [-0.15, -0.1) is 0 Å². The van der Waals surface area contributed by atoms with Crippen LogP contribution in [-0.2, 0) is 0 Å². The lowest BCUT2D eigenvalue weighted by atomic mass is 9.99. The van der Waals surface area contributed by atoms with Gasteiger partial charge in [-0.2, -0.15) is 0 Å². The lowest BCUT2D eigenvalue weighted by Crippen LogP contribution is -2.27. The second-order valence-electron chi connectivity index (χ2n) is 6.50. The van der Waals surface area contributed by atoms with Crippen LogP contribution in [0.2, 0.25) is 0 Å². The molecule has 0 saturated carbocycles. The average molecular weight is 329 g/mol. The molecular weight excluding hydrogens is 306 g/mol. The number of aryl methyl sites for hydroxylation is 2. The minimum Gasteiger partial charge on any atom is -0.346 e. The first kappa shape index (κ1) is 17.0. The second-order valence-corrected chi connectivity index (χ2v) is 6.50. The highest BCUT2D eigenvalue weighted by Gasteiger charge is 2.13. The Bertz CT molecular complexity index is 866. The number of hydrogen-bond acceptors (Lipinski definition) is 1. The third-order valence-electron chi connectivity index (χ3n) is 4.50. The molecule has 25 heavy (non-hydrogen) atoms. The number of nitrogens with one attached hydrogen (secondary N) is 1. The molecule has 1 amide bonds. The van der Waals surface area contributed by atoms with Crippen molar-refractivity contribution < 1.29 is 4.79 Å². The van der Waals surface area contributed by atoms with Crippen LogP contribution in [0.4, 0.5) is 0 Å². The largest absolute Gasteiger partial charge is 0.346 e. The quantitative estimate of drug-likeness (QED) is 0.676. The summed E-state index contributed by atoms with van der Waals surface area (Å²) in [5, 5.41) is 3.10. The third-order valence-corrected chi connectivity index (χ3v) is 4.50. The summed E-state index contributed by atoms with van der Waals surface area (Å²) >= 11 is 0. The Hall–Kier alpha value is -2.87. The van der Waals surface area contributed by atoms with Crippen molar-refractivity contribution in [2.45, 2.75) is 26.8 Å². The Kier molecular flexibility index (Phi) is 4.99. The van der Waals surface area contributed by atoms with Gasteiger partial charge in [-0.1, -0.05) is 66.2 Å². The van der Waals surface area contributed by atoms with Crippen molar-refractivity contribution in [3.8, 4) is 11.1 Å². The molecule has 0 aliphatic heterocycles. The van der Waals surface area contributed by atoms with E-state index < -0.39 is 0 Å². The summed E-state index contributed by atoms with van der Waals surface area (Å²) < 4.78 is 0. The van der Waals surface area contributed by atoms with Gasteiger partial charge in [0.15, 0.2) is 0 Å². The Morgan fingerprint density at radius 2 is 1.48 bits per heavy atom. The van der Waals surface area contributed by atoms with Crippen LogP contribution in [0.15, 0.2) is 72.8 Å². The number of carbonyl (C=O) groups excluding carboxylic acids is 1. The second kappa shape index (κ2) is 7.35. The molecule has 126 valence electrons. The van der Waals surface area contributed by atoms with Gasteiger partial charge in [0.25, 0.3) is 5.91 Å². The van der Waals surface area contributed by atoms with E-state index in [4.69, 9.17) is 0 Å². The maximum Gasteiger partial charge on any atom is 0.251 e. The van der Waals surface area contributed by atoms with Crippen LogP contribution in [-0.4, -0.2) is 5.91 Å². The van der Waals surface area contributed by atoms with Crippen molar-refractivity contribution in [1.29, 1.82) is 0 Å². The van der Waals surface area contributed by atoms with Crippen LogP contribution < -0.4 is 5.32 Å². The van der Waals surface area contributed by atoms with Crippen molar-refractivity contribution in [2.75, 3.05) is 0 Å². The molecular formula is C23H23NO. The van der Waals surface area contributed by atoms with E-state index in [1.807, 2.05) is 49.4 Å². The van der Waals surface area contributed by atoms with E-state index >= 15 is 0 Å². The standard InChI is InChI=1S/C23H23NO/c1-16-9-10-17(2)22(15-16)18(3)24-23(25)21-13-11-20(12-14-21)19-7-5-4-6-8-19/h4-15,18H,1-3H3,(H,24,25)/t18-/m0/s1. The molecule has 3 aromatic carbocycles. The lowest BCUT2D eigenvalue weighted by Gasteiger charge is -2.17. The lowest BCUT2D eigenvalue weighted by molar-refractivity contribution is 0.0940. The van der Waals surface area contributed by atoms with Gasteiger partial charge >= 0.3 is 0 Å². The Labute approximate surface area is 149 Å². The minimum absolute atomic E-state index is 0.0267. The summed E-state index contributed by atoms with van der Waals surface area (Å²) in [6, 6.07) is 24.2. The minimum atomic E-state index is -0.0481. The molecule has 3 rings (SSSR count). The normalized spacial score (nSPS) is 11.8. The molecule has 1 N–H and O–H groups in total. The van der Waals surface area contributed by atoms with Gasteiger partial charge in [-0.3, -0.25) is 4.79 Å². The van der Waals surface area contributed by atoms with Crippen molar-refractivity contribution >= 4 is 5.91 Å². The number of amides is 1. The van der Waals surface area contributed by atoms with E-state index in [-0.39, 0.29) is 11.9 Å². The monoisotopic (exact) mass is 329 g/mol. The first-order valence-electron chi connectivity index (χ1n) is 8.58. The molecule has 1 atom stereocenters. The molecule has 3 aromatic rings. The SMILES string of the molecule is Cc1ccc(C)c([C@H](C)NC(=O)c2ccc(-c3ccccc3)cc2)c1. The molecule has 0 radical (unpaired) electrons. The summed E-state index contributed by atoms with van der Waals surface area (Å²) in [6.07, 6.45) is 0. The molecule has 0 aliphatic rings. The Morgan fingerprint density at radius 3 is 2.16 bits per heavy atom. The average Bonchev–Trinajstić information content (AvgIpc) is 2.64. The molecule has 0 aliphatic carbocycles. The molecule has 2 heteroatoms. The predicted molar refractivity (Wildman–Crippen MR) is 104 cm³/mol. The number of hydrogen-bond donors (Lipinski definition) is 1. The predicted octanol–water partition coefficient (Wildman–Crippen LogP) is 5.46. The van der Waals surface area contributed by atoms with E-state index in [1.165, 1.54) is 11.1 Å².